The largest absolute Gasteiger partial charge is 0.507 e. The number of hydrogen-bond donors (Lipinski definition) is 1. The summed E-state index contributed by atoms with van der Waals surface area (Å²) in [5.41, 5.74) is 3.28. The molecule has 2 aliphatic rings. The van der Waals surface area contributed by atoms with Gasteiger partial charge in [0.1, 0.15) is 5.76 Å². The second-order valence-corrected chi connectivity index (χ2v) is 4.45. The second kappa shape index (κ2) is 3.38. The van der Waals surface area contributed by atoms with Crippen LogP contribution in [0.2, 0.25) is 0 Å². The molecule has 80 valence electrons. The van der Waals surface area contributed by atoms with Gasteiger partial charge in [-0.2, -0.15) is 0 Å². The highest BCUT2D eigenvalue weighted by Gasteiger charge is 2.30. The summed E-state index contributed by atoms with van der Waals surface area (Å²) >= 11 is 0. The summed E-state index contributed by atoms with van der Waals surface area (Å²) in [4.78, 5) is 0. The van der Waals surface area contributed by atoms with Gasteiger partial charge in [-0.15, -0.1) is 0 Å². The first-order valence-corrected chi connectivity index (χ1v) is 5.66. The molecule has 1 aromatic rings. The quantitative estimate of drug-likeness (QED) is 0.690. The molecule has 1 N–H and O–H groups in total. The number of aliphatic hydroxyl groups excluding tert-OH is 1. The van der Waals surface area contributed by atoms with Crippen LogP contribution in [0.4, 0.5) is 0 Å². The van der Waals surface area contributed by atoms with Crippen molar-refractivity contribution in [2.75, 3.05) is 0 Å². The Kier molecular flexibility index (Phi) is 2.00. The van der Waals surface area contributed by atoms with Crippen LogP contribution in [-0.2, 0) is 0 Å². The van der Waals surface area contributed by atoms with E-state index in [2.05, 4.69) is 25.1 Å². The van der Waals surface area contributed by atoms with E-state index in [-0.39, 0.29) is 0 Å². The normalized spacial score (nSPS) is 26.6. The van der Waals surface area contributed by atoms with Crippen LogP contribution in [0.3, 0.4) is 0 Å². The molecule has 2 unspecified atom stereocenters. The van der Waals surface area contributed by atoms with Gasteiger partial charge in [0.25, 0.3) is 0 Å². The van der Waals surface area contributed by atoms with Crippen LogP contribution >= 0.6 is 0 Å². The van der Waals surface area contributed by atoms with Crippen LogP contribution in [-0.4, -0.2) is 5.11 Å². The first-order chi connectivity index (χ1) is 7.79. The van der Waals surface area contributed by atoms with Crippen molar-refractivity contribution in [3.63, 3.8) is 0 Å². The van der Waals surface area contributed by atoms with Gasteiger partial charge in [0, 0.05) is 17.1 Å². The highest BCUT2D eigenvalue weighted by Crippen LogP contribution is 2.43. The Bertz CT molecular complexity index is 520. The first kappa shape index (κ1) is 9.46. The fraction of sp³-hybridized carbons (Fsp3) is 0.200. The van der Waals surface area contributed by atoms with Crippen molar-refractivity contribution in [1.82, 2.24) is 0 Å². The summed E-state index contributed by atoms with van der Waals surface area (Å²) in [6, 6.07) is 8.12. The molecule has 0 radical (unpaired) electrons. The number of fused-ring (bicyclic) bond motifs is 2. The molecule has 0 aliphatic heterocycles. The van der Waals surface area contributed by atoms with Gasteiger partial charge >= 0.3 is 0 Å². The molecule has 1 heteroatoms. The summed E-state index contributed by atoms with van der Waals surface area (Å²) in [5.74, 6) is 1.20. The number of allylic oxidation sites excluding steroid dienone is 5. The Hall–Kier alpha value is -1.76. The fourth-order valence-corrected chi connectivity index (χ4v) is 2.69. The Morgan fingerprint density at radius 1 is 1.12 bits per heavy atom. The van der Waals surface area contributed by atoms with Gasteiger partial charge in [-0.1, -0.05) is 55.5 Å². The van der Waals surface area contributed by atoms with E-state index < -0.39 is 0 Å². The predicted molar refractivity (Wildman–Crippen MR) is 66.2 cm³/mol. The van der Waals surface area contributed by atoms with Crippen LogP contribution in [0.25, 0.3) is 5.76 Å². The first-order valence-electron chi connectivity index (χ1n) is 5.66. The molecule has 0 amide bonds. The SMILES string of the molecule is CC1c2ccccc2C(O)=C2C=CC=CC21. The molecule has 3 rings (SSSR count). The molecule has 1 nitrogen and oxygen atoms in total. The highest BCUT2D eigenvalue weighted by molar-refractivity contribution is 5.72. The van der Waals surface area contributed by atoms with E-state index in [1.54, 1.807) is 0 Å². The van der Waals surface area contributed by atoms with Crippen molar-refractivity contribution in [1.29, 1.82) is 0 Å². The van der Waals surface area contributed by atoms with Gasteiger partial charge in [-0.3, -0.25) is 0 Å². The van der Waals surface area contributed by atoms with Crippen LogP contribution < -0.4 is 0 Å². The molecule has 0 bridgehead atoms. The van der Waals surface area contributed by atoms with Crippen molar-refractivity contribution in [2.24, 2.45) is 5.92 Å². The molecule has 0 aromatic heterocycles. The summed E-state index contributed by atoms with van der Waals surface area (Å²) in [5, 5.41) is 10.3. The molecule has 2 atom stereocenters. The lowest BCUT2D eigenvalue weighted by atomic mass is 9.73. The van der Waals surface area contributed by atoms with E-state index in [1.165, 1.54) is 5.56 Å². The Balaban J connectivity index is 2.26. The molecular weight excluding hydrogens is 196 g/mol. The predicted octanol–water partition coefficient (Wildman–Crippen LogP) is 3.82. The molecule has 0 saturated carbocycles. The number of aliphatic hydroxyl groups is 1. The van der Waals surface area contributed by atoms with Crippen molar-refractivity contribution in [3.8, 4) is 0 Å². The van der Waals surface area contributed by atoms with Crippen LogP contribution in [0.15, 0.2) is 54.1 Å². The summed E-state index contributed by atoms with van der Waals surface area (Å²) in [6.45, 7) is 2.22. The molecule has 1 aromatic carbocycles. The summed E-state index contributed by atoms with van der Waals surface area (Å²) in [7, 11) is 0. The summed E-state index contributed by atoms with van der Waals surface area (Å²) < 4.78 is 0. The third kappa shape index (κ3) is 1.18. The zero-order chi connectivity index (χ0) is 11.1. The highest BCUT2D eigenvalue weighted by atomic mass is 16.3. The van der Waals surface area contributed by atoms with E-state index in [9.17, 15) is 5.11 Å². The molecule has 2 aliphatic carbocycles. The fourth-order valence-electron chi connectivity index (χ4n) is 2.69. The van der Waals surface area contributed by atoms with E-state index >= 15 is 0 Å². The van der Waals surface area contributed by atoms with E-state index in [0.29, 0.717) is 17.6 Å². The monoisotopic (exact) mass is 210 g/mol. The molecule has 0 fully saturated rings. The average molecular weight is 210 g/mol. The van der Waals surface area contributed by atoms with Gasteiger partial charge in [0.05, 0.1) is 0 Å². The van der Waals surface area contributed by atoms with Crippen molar-refractivity contribution in [2.45, 2.75) is 12.8 Å². The zero-order valence-corrected chi connectivity index (χ0v) is 9.22. The molecule has 16 heavy (non-hydrogen) atoms. The van der Waals surface area contributed by atoms with E-state index in [0.717, 1.165) is 11.1 Å². The third-order valence-electron chi connectivity index (χ3n) is 3.58. The number of benzene rings is 1. The minimum atomic E-state index is 0.319. The standard InChI is InChI=1S/C15H14O/c1-10-11-6-2-4-8-13(11)15(16)14-9-5-3-7-12(10)14/h2-11,16H,1H3. The minimum Gasteiger partial charge on any atom is -0.507 e. The maximum Gasteiger partial charge on any atom is 0.126 e. The maximum atomic E-state index is 10.3. The lowest BCUT2D eigenvalue weighted by molar-refractivity contribution is 0.480. The van der Waals surface area contributed by atoms with Crippen LogP contribution in [0, 0.1) is 5.92 Å². The van der Waals surface area contributed by atoms with Crippen LogP contribution in [0.5, 0.6) is 0 Å². The Labute approximate surface area is 95.4 Å². The smallest absolute Gasteiger partial charge is 0.126 e. The van der Waals surface area contributed by atoms with Crippen LogP contribution in [0.1, 0.15) is 24.0 Å². The molecular formula is C15H14O. The Morgan fingerprint density at radius 3 is 2.81 bits per heavy atom. The molecule has 0 saturated heterocycles. The number of rotatable bonds is 0. The third-order valence-corrected chi connectivity index (χ3v) is 3.58. The average Bonchev–Trinajstić information content (AvgIpc) is 2.36. The van der Waals surface area contributed by atoms with Gasteiger partial charge in [-0.05, 0) is 11.5 Å². The van der Waals surface area contributed by atoms with Crippen molar-refractivity contribution >= 4 is 5.76 Å². The van der Waals surface area contributed by atoms with Gasteiger partial charge in [0.15, 0.2) is 0 Å². The maximum absolute atomic E-state index is 10.3. The summed E-state index contributed by atoms with van der Waals surface area (Å²) in [6.07, 6.45) is 8.24. The zero-order valence-electron chi connectivity index (χ0n) is 9.22. The van der Waals surface area contributed by atoms with Crippen molar-refractivity contribution < 1.29 is 5.11 Å². The molecule has 0 spiro atoms. The van der Waals surface area contributed by atoms with E-state index in [1.807, 2.05) is 30.4 Å². The lowest BCUT2D eigenvalue weighted by Crippen LogP contribution is -2.19. The van der Waals surface area contributed by atoms with Crippen molar-refractivity contribution in [3.05, 3.63) is 65.3 Å². The molecule has 0 heterocycles. The van der Waals surface area contributed by atoms with Gasteiger partial charge in [-0.25, -0.2) is 0 Å². The topological polar surface area (TPSA) is 20.2 Å². The lowest BCUT2D eigenvalue weighted by Gasteiger charge is -2.31. The number of hydrogen-bond acceptors (Lipinski definition) is 1. The van der Waals surface area contributed by atoms with E-state index in [4.69, 9.17) is 0 Å². The van der Waals surface area contributed by atoms with Gasteiger partial charge in [0.2, 0.25) is 0 Å². The Morgan fingerprint density at radius 2 is 1.94 bits per heavy atom. The van der Waals surface area contributed by atoms with Gasteiger partial charge < -0.3 is 5.11 Å². The minimum absolute atomic E-state index is 0.319. The second-order valence-electron chi connectivity index (χ2n) is 4.45.